The second kappa shape index (κ2) is 3.93. The first-order chi connectivity index (χ1) is 6.84. The number of hydrogen-bond acceptors (Lipinski definition) is 0. The lowest BCUT2D eigenvalue weighted by molar-refractivity contribution is 1.54. The Labute approximate surface area is 83.8 Å². The lowest BCUT2D eigenvalue weighted by Gasteiger charge is -1.91. The molecule has 0 bridgehead atoms. The van der Waals surface area contributed by atoms with Crippen LogP contribution in [0.1, 0.15) is 5.56 Å². The van der Waals surface area contributed by atoms with Gasteiger partial charge < -0.3 is 0 Å². The van der Waals surface area contributed by atoms with Crippen LogP contribution in [0.2, 0.25) is 0 Å². The molecule has 0 amide bonds. The molecule has 0 atom stereocenters. The van der Waals surface area contributed by atoms with Crippen LogP contribution in [-0.2, 0) is 0 Å². The molecule has 0 heteroatoms. The first-order valence-corrected chi connectivity index (χ1v) is 4.66. The normalized spacial score (nSPS) is 11.6. The van der Waals surface area contributed by atoms with Crippen molar-refractivity contribution in [1.29, 1.82) is 0 Å². The SMILES string of the molecule is C=c1[cH+]ccc(=Cc2ccccc2)[cH-]1. The highest BCUT2D eigenvalue weighted by Gasteiger charge is 1.83. The Morgan fingerprint density at radius 1 is 1.14 bits per heavy atom. The van der Waals surface area contributed by atoms with Gasteiger partial charge in [0.05, 0.1) is 0 Å². The lowest BCUT2D eigenvalue weighted by atomic mass is 10.1. The van der Waals surface area contributed by atoms with Gasteiger partial charge in [0.1, 0.15) is 0 Å². The van der Waals surface area contributed by atoms with Crippen LogP contribution in [0.3, 0.4) is 0 Å². The summed E-state index contributed by atoms with van der Waals surface area (Å²) in [4.78, 5) is 0. The predicted octanol–water partition coefficient (Wildman–Crippen LogP) is 1.93. The van der Waals surface area contributed by atoms with Gasteiger partial charge in [-0.25, -0.2) is 0 Å². The minimum absolute atomic E-state index is 1.05. The Kier molecular flexibility index (Phi) is 2.46. The molecule has 2 aromatic rings. The third kappa shape index (κ3) is 2.11. The van der Waals surface area contributed by atoms with E-state index >= 15 is 0 Å². The van der Waals surface area contributed by atoms with E-state index in [-0.39, 0.29) is 0 Å². The second-order valence-corrected chi connectivity index (χ2v) is 3.30. The average molecular weight is 180 g/mol. The van der Waals surface area contributed by atoms with Gasteiger partial charge in [-0.1, -0.05) is 55.1 Å². The summed E-state index contributed by atoms with van der Waals surface area (Å²) < 4.78 is 0. The van der Waals surface area contributed by atoms with Crippen molar-refractivity contribution >= 4 is 12.7 Å². The fourth-order valence-corrected chi connectivity index (χ4v) is 1.42. The van der Waals surface area contributed by atoms with E-state index in [2.05, 4.69) is 36.9 Å². The summed E-state index contributed by atoms with van der Waals surface area (Å²) in [5.41, 5.74) is 1.22. The molecular formula is C14H12. The average Bonchev–Trinajstić information content (AvgIpc) is 2.19. The van der Waals surface area contributed by atoms with Crippen molar-refractivity contribution in [3.63, 3.8) is 0 Å². The smallest absolute Gasteiger partial charge is 0.0245 e. The van der Waals surface area contributed by atoms with Crippen LogP contribution in [0.15, 0.2) is 54.6 Å². The summed E-state index contributed by atoms with van der Waals surface area (Å²) in [6.45, 7) is 3.90. The number of hydrogen-bond donors (Lipinski definition) is 0. The maximum absolute atomic E-state index is 3.90. The third-order valence-electron chi connectivity index (χ3n) is 2.08. The monoisotopic (exact) mass is 180 g/mol. The zero-order valence-corrected chi connectivity index (χ0v) is 7.98. The molecule has 0 fully saturated rings. The van der Waals surface area contributed by atoms with Crippen LogP contribution in [0.25, 0.3) is 12.7 Å². The highest BCUT2D eigenvalue weighted by Crippen LogP contribution is 1.97. The minimum Gasteiger partial charge on any atom is -0.0917 e. The van der Waals surface area contributed by atoms with Crippen molar-refractivity contribution < 1.29 is 0 Å². The molecule has 0 aliphatic rings. The lowest BCUT2D eigenvalue weighted by Crippen LogP contribution is -2.08. The fourth-order valence-electron chi connectivity index (χ4n) is 1.42. The Hall–Kier alpha value is -1.82. The maximum Gasteiger partial charge on any atom is -0.0245 e. The molecule has 0 spiro atoms. The van der Waals surface area contributed by atoms with E-state index < -0.39 is 0 Å². The predicted molar refractivity (Wildman–Crippen MR) is 61.2 cm³/mol. The van der Waals surface area contributed by atoms with Crippen molar-refractivity contribution in [2.45, 2.75) is 0 Å². The van der Waals surface area contributed by atoms with Gasteiger partial charge in [0.2, 0.25) is 0 Å². The molecule has 2 rings (SSSR count). The molecule has 0 saturated heterocycles. The largest absolute Gasteiger partial charge is 0.0917 e. The van der Waals surface area contributed by atoms with Crippen molar-refractivity contribution in [2.24, 2.45) is 0 Å². The molecular weight excluding hydrogens is 168 g/mol. The summed E-state index contributed by atoms with van der Waals surface area (Å²) in [7, 11) is 0. The Morgan fingerprint density at radius 2 is 1.93 bits per heavy atom. The van der Waals surface area contributed by atoms with Gasteiger partial charge in [-0.3, -0.25) is 0 Å². The highest BCUT2D eigenvalue weighted by molar-refractivity contribution is 5.48. The van der Waals surface area contributed by atoms with E-state index in [1.54, 1.807) is 0 Å². The van der Waals surface area contributed by atoms with Gasteiger partial charge in [-0.2, -0.15) is 0 Å². The van der Waals surface area contributed by atoms with Crippen molar-refractivity contribution in [1.82, 2.24) is 0 Å². The van der Waals surface area contributed by atoms with E-state index in [9.17, 15) is 0 Å². The number of rotatable bonds is 1. The summed E-state index contributed by atoms with van der Waals surface area (Å²) in [6.07, 6.45) is 2.15. The molecule has 2 aromatic carbocycles. The van der Waals surface area contributed by atoms with Gasteiger partial charge >= 0.3 is 0 Å². The fraction of sp³-hybridized carbons (Fsp3) is 0. The van der Waals surface area contributed by atoms with Crippen molar-refractivity contribution in [2.75, 3.05) is 0 Å². The van der Waals surface area contributed by atoms with E-state index in [1.165, 1.54) is 10.8 Å². The first kappa shape index (κ1) is 8.76. The molecule has 14 heavy (non-hydrogen) atoms. The van der Waals surface area contributed by atoms with E-state index in [4.69, 9.17) is 0 Å². The third-order valence-corrected chi connectivity index (χ3v) is 2.08. The molecule has 68 valence electrons. The van der Waals surface area contributed by atoms with E-state index in [0.29, 0.717) is 0 Å². The van der Waals surface area contributed by atoms with Gasteiger partial charge in [-0.05, 0) is 28.1 Å². The summed E-state index contributed by atoms with van der Waals surface area (Å²) in [6, 6.07) is 18.5. The van der Waals surface area contributed by atoms with Gasteiger partial charge in [0.15, 0.2) is 0 Å². The molecule has 0 aliphatic heterocycles. The molecule has 0 saturated carbocycles. The molecule has 0 nitrogen and oxygen atoms in total. The Bertz CT molecular complexity index is 509. The zero-order chi connectivity index (χ0) is 9.80. The Morgan fingerprint density at radius 3 is 2.64 bits per heavy atom. The topological polar surface area (TPSA) is 0 Å². The Balaban J connectivity index is 2.50. The van der Waals surface area contributed by atoms with Crippen molar-refractivity contribution in [3.8, 4) is 0 Å². The molecule has 0 unspecified atom stereocenters. The van der Waals surface area contributed by atoms with Crippen molar-refractivity contribution in [3.05, 3.63) is 70.6 Å². The molecule has 0 heterocycles. The van der Waals surface area contributed by atoms with Gasteiger partial charge in [0.25, 0.3) is 0 Å². The highest BCUT2D eigenvalue weighted by atomic mass is 13.9. The molecule has 0 aliphatic carbocycles. The standard InChI is InChI=1S/C14H12/c1-12-6-5-9-14(10-12)11-13-7-3-2-4-8-13/h2-11H,1H2. The minimum atomic E-state index is 1.05. The van der Waals surface area contributed by atoms with Crippen LogP contribution in [0.4, 0.5) is 0 Å². The second-order valence-electron chi connectivity index (χ2n) is 3.30. The summed E-state index contributed by atoms with van der Waals surface area (Å²) >= 11 is 0. The molecule has 0 aromatic heterocycles. The quantitative estimate of drug-likeness (QED) is 0.588. The van der Waals surface area contributed by atoms with Gasteiger partial charge in [-0.15, -0.1) is 0 Å². The van der Waals surface area contributed by atoms with Crippen LogP contribution in [0, 0.1) is 0 Å². The van der Waals surface area contributed by atoms with Gasteiger partial charge in [0, 0.05) is 0 Å². The first-order valence-electron chi connectivity index (χ1n) is 4.66. The summed E-state index contributed by atoms with van der Waals surface area (Å²) in [5, 5.41) is 2.25. The van der Waals surface area contributed by atoms with Crippen LogP contribution in [-0.4, -0.2) is 0 Å². The van der Waals surface area contributed by atoms with Crippen LogP contribution in [0.5, 0.6) is 0 Å². The zero-order valence-electron chi connectivity index (χ0n) is 7.98. The van der Waals surface area contributed by atoms with E-state index in [0.717, 1.165) is 5.22 Å². The van der Waals surface area contributed by atoms with Crippen LogP contribution >= 0.6 is 0 Å². The molecule has 0 radical (unpaired) electrons. The number of benzene rings is 2. The maximum atomic E-state index is 3.90. The van der Waals surface area contributed by atoms with Crippen LogP contribution < -0.4 is 10.4 Å². The van der Waals surface area contributed by atoms with E-state index in [1.807, 2.05) is 30.3 Å². The molecule has 0 N–H and O–H groups in total. The summed E-state index contributed by atoms with van der Waals surface area (Å²) in [5.74, 6) is 0.